The molecule has 2 rings (SSSR count). The van der Waals surface area contributed by atoms with Crippen molar-refractivity contribution < 1.29 is 4.79 Å². The average Bonchev–Trinajstić information content (AvgIpc) is 2.90. The van der Waals surface area contributed by atoms with E-state index in [0.717, 1.165) is 5.56 Å². The van der Waals surface area contributed by atoms with Crippen molar-refractivity contribution in [1.29, 1.82) is 0 Å². The van der Waals surface area contributed by atoms with Crippen LogP contribution in [0.2, 0.25) is 5.02 Å². The van der Waals surface area contributed by atoms with Crippen molar-refractivity contribution in [2.45, 2.75) is 13.0 Å². The van der Waals surface area contributed by atoms with Gasteiger partial charge in [0.05, 0.1) is 11.6 Å². The van der Waals surface area contributed by atoms with E-state index in [0.29, 0.717) is 10.7 Å². The van der Waals surface area contributed by atoms with E-state index in [1.54, 1.807) is 22.8 Å². The molecule has 1 unspecified atom stereocenters. The van der Waals surface area contributed by atoms with Gasteiger partial charge in [0, 0.05) is 17.5 Å². The van der Waals surface area contributed by atoms with E-state index in [2.05, 4.69) is 4.98 Å². The molecule has 0 N–H and O–H groups in total. The Morgan fingerprint density at radius 1 is 1.50 bits per heavy atom. The summed E-state index contributed by atoms with van der Waals surface area (Å²) >= 11 is 7.37. The molecular formula is C13H13ClN2OS. The summed E-state index contributed by atoms with van der Waals surface area (Å²) < 4.78 is 0. The monoisotopic (exact) mass is 280 g/mol. The van der Waals surface area contributed by atoms with Crippen LogP contribution in [-0.4, -0.2) is 22.8 Å². The first kappa shape index (κ1) is 13.1. The van der Waals surface area contributed by atoms with Crippen molar-refractivity contribution >= 4 is 28.8 Å². The summed E-state index contributed by atoms with van der Waals surface area (Å²) in [6.45, 7) is 1.97. The number of rotatable bonds is 3. The Morgan fingerprint density at radius 3 is 2.89 bits per heavy atom. The molecule has 5 heteroatoms. The molecule has 18 heavy (non-hydrogen) atoms. The number of halogens is 1. The molecule has 3 nitrogen and oxygen atoms in total. The highest BCUT2D eigenvalue weighted by atomic mass is 35.5. The zero-order valence-corrected chi connectivity index (χ0v) is 11.7. The SMILES string of the molecule is CC(c1cccc(Cl)c1)N(C)C(=O)c1cscn1. The second-order valence-corrected chi connectivity index (χ2v) is 5.18. The summed E-state index contributed by atoms with van der Waals surface area (Å²) in [5.74, 6) is -0.0799. The highest BCUT2D eigenvalue weighted by Gasteiger charge is 2.20. The van der Waals surface area contributed by atoms with Gasteiger partial charge in [-0.2, -0.15) is 0 Å². The number of hydrogen-bond donors (Lipinski definition) is 0. The molecule has 1 aromatic carbocycles. The molecule has 0 bridgehead atoms. The number of carbonyl (C=O) groups excluding carboxylic acids is 1. The van der Waals surface area contributed by atoms with Gasteiger partial charge in [0.1, 0.15) is 5.69 Å². The van der Waals surface area contributed by atoms with Crippen LogP contribution in [0.1, 0.15) is 29.0 Å². The van der Waals surface area contributed by atoms with Gasteiger partial charge in [-0.15, -0.1) is 11.3 Å². The molecule has 0 fully saturated rings. The van der Waals surface area contributed by atoms with E-state index >= 15 is 0 Å². The summed E-state index contributed by atoms with van der Waals surface area (Å²) in [4.78, 5) is 17.8. The fourth-order valence-corrected chi connectivity index (χ4v) is 2.39. The van der Waals surface area contributed by atoms with Crippen LogP contribution in [0, 0.1) is 0 Å². The van der Waals surface area contributed by atoms with Gasteiger partial charge in [-0.25, -0.2) is 4.98 Å². The Labute approximate surface area is 115 Å². The molecule has 1 heterocycles. The van der Waals surface area contributed by atoms with Crippen LogP contribution < -0.4 is 0 Å². The quantitative estimate of drug-likeness (QED) is 0.860. The van der Waals surface area contributed by atoms with E-state index in [1.165, 1.54) is 11.3 Å². The minimum absolute atomic E-state index is 0.0436. The maximum atomic E-state index is 12.1. The minimum Gasteiger partial charge on any atom is -0.334 e. The van der Waals surface area contributed by atoms with Crippen LogP contribution in [0.15, 0.2) is 35.2 Å². The van der Waals surface area contributed by atoms with Gasteiger partial charge in [-0.3, -0.25) is 4.79 Å². The minimum atomic E-state index is -0.0799. The second kappa shape index (κ2) is 5.50. The molecule has 0 aliphatic rings. The molecular weight excluding hydrogens is 268 g/mol. The fraction of sp³-hybridized carbons (Fsp3) is 0.231. The largest absolute Gasteiger partial charge is 0.334 e. The predicted molar refractivity (Wildman–Crippen MR) is 74.1 cm³/mol. The lowest BCUT2D eigenvalue weighted by atomic mass is 10.1. The number of nitrogens with zero attached hydrogens (tertiary/aromatic N) is 2. The molecule has 0 spiro atoms. The molecule has 0 saturated heterocycles. The van der Waals surface area contributed by atoms with E-state index < -0.39 is 0 Å². The first-order chi connectivity index (χ1) is 8.59. The lowest BCUT2D eigenvalue weighted by Gasteiger charge is -2.24. The maximum absolute atomic E-state index is 12.1. The third-order valence-corrected chi connectivity index (χ3v) is 3.71. The van der Waals surface area contributed by atoms with Gasteiger partial charge in [0.25, 0.3) is 5.91 Å². The van der Waals surface area contributed by atoms with Crippen molar-refractivity contribution in [3.05, 3.63) is 51.4 Å². The van der Waals surface area contributed by atoms with E-state index in [1.807, 2.05) is 31.2 Å². The molecule has 94 valence electrons. The third-order valence-electron chi connectivity index (χ3n) is 2.88. The summed E-state index contributed by atoms with van der Waals surface area (Å²) in [5, 5.41) is 2.43. The highest BCUT2D eigenvalue weighted by molar-refractivity contribution is 7.07. The molecule has 0 aliphatic heterocycles. The Balaban J connectivity index is 2.18. The van der Waals surface area contributed by atoms with Crippen molar-refractivity contribution in [3.8, 4) is 0 Å². The molecule has 1 aromatic heterocycles. The Morgan fingerprint density at radius 2 is 2.28 bits per heavy atom. The van der Waals surface area contributed by atoms with Crippen molar-refractivity contribution in [2.24, 2.45) is 0 Å². The number of carbonyl (C=O) groups is 1. The summed E-state index contributed by atoms with van der Waals surface area (Å²) in [6.07, 6.45) is 0. The fourth-order valence-electron chi connectivity index (χ4n) is 1.66. The predicted octanol–water partition coefficient (Wildman–Crippen LogP) is 3.63. The first-order valence-electron chi connectivity index (χ1n) is 5.50. The van der Waals surface area contributed by atoms with E-state index in [9.17, 15) is 4.79 Å². The average molecular weight is 281 g/mol. The number of benzene rings is 1. The van der Waals surface area contributed by atoms with Crippen LogP contribution in [0.4, 0.5) is 0 Å². The van der Waals surface area contributed by atoms with Gasteiger partial charge in [0.2, 0.25) is 0 Å². The van der Waals surface area contributed by atoms with Gasteiger partial charge in [-0.05, 0) is 24.6 Å². The van der Waals surface area contributed by atoms with Crippen molar-refractivity contribution in [1.82, 2.24) is 9.88 Å². The first-order valence-corrected chi connectivity index (χ1v) is 6.82. The number of hydrogen-bond acceptors (Lipinski definition) is 3. The lowest BCUT2D eigenvalue weighted by Crippen LogP contribution is -2.29. The van der Waals surface area contributed by atoms with Gasteiger partial charge < -0.3 is 4.90 Å². The van der Waals surface area contributed by atoms with Gasteiger partial charge >= 0.3 is 0 Å². The zero-order valence-electron chi connectivity index (χ0n) is 10.1. The van der Waals surface area contributed by atoms with Crippen molar-refractivity contribution in [3.63, 3.8) is 0 Å². The van der Waals surface area contributed by atoms with Crippen LogP contribution in [0.3, 0.4) is 0 Å². The van der Waals surface area contributed by atoms with E-state index in [4.69, 9.17) is 11.6 Å². The summed E-state index contributed by atoms with van der Waals surface area (Å²) in [6, 6.07) is 7.49. The number of aromatic nitrogens is 1. The zero-order chi connectivity index (χ0) is 13.1. The standard InChI is InChI=1S/C13H13ClN2OS/c1-9(10-4-3-5-11(14)6-10)16(2)13(17)12-7-18-8-15-12/h3-9H,1-2H3. The number of thiazole rings is 1. The van der Waals surface area contributed by atoms with Crippen molar-refractivity contribution in [2.75, 3.05) is 7.05 Å². The summed E-state index contributed by atoms with van der Waals surface area (Å²) in [5.41, 5.74) is 3.15. The highest BCUT2D eigenvalue weighted by Crippen LogP contribution is 2.23. The molecule has 0 radical (unpaired) electrons. The van der Waals surface area contributed by atoms with Crippen LogP contribution >= 0.6 is 22.9 Å². The van der Waals surface area contributed by atoms with E-state index in [-0.39, 0.29) is 11.9 Å². The number of amides is 1. The Kier molecular flexibility index (Phi) is 3.99. The molecule has 2 aromatic rings. The topological polar surface area (TPSA) is 33.2 Å². The van der Waals surface area contributed by atoms with Crippen LogP contribution in [-0.2, 0) is 0 Å². The van der Waals surface area contributed by atoms with Gasteiger partial charge in [0.15, 0.2) is 0 Å². The Hall–Kier alpha value is -1.39. The molecule has 0 saturated carbocycles. The third kappa shape index (κ3) is 2.71. The van der Waals surface area contributed by atoms with Gasteiger partial charge in [-0.1, -0.05) is 23.7 Å². The summed E-state index contributed by atoms with van der Waals surface area (Å²) in [7, 11) is 1.77. The second-order valence-electron chi connectivity index (χ2n) is 4.02. The lowest BCUT2D eigenvalue weighted by molar-refractivity contribution is 0.0737. The smallest absolute Gasteiger partial charge is 0.273 e. The molecule has 1 atom stereocenters. The normalized spacial score (nSPS) is 12.2. The molecule has 0 aliphatic carbocycles. The van der Waals surface area contributed by atoms with Crippen LogP contribution in [0.5, 0.6) is 0 Å². The Bertz CT molecular complexity index is 542. The molecule has 1 amide bonds. The van der Waals surface area contributed by atoms with Crippen LogP contribution in [0.25, 0.3) is 0 Å². The maximum Gasteiger partial charge on any atom is 0.273 e.